The van der Waals surface area contributed by atoms with Gasteiger partial charge in [-0.15, -0.1) is 0 Å². The van der Waals surface area contributed by atoms with E-state index in [4.69, 9.17) is 10.5 Å². The van der Waals surface area contributed by atoms with E-state index >= 15 is 0 Å². The Morgan fingerprint density at radius 2 is 2.40 bits per heavy atom. The van der Waals surface area contributed by atoms with Gasteiger partial charge in [-0.1, -0.05) is 13.3 Å². The molecule has 1 saturated heterocycles. The lowest BCUT2D eigenvalue weighted by molar-refractivity contribution is -0.136. The number of methoxy groups -OCH3 is 1. The summed E-state index contributed by atoms with van der Waals surface area (Å²) in [7, 11) is 1.70. The monoisotopic (exact) mass is 214 g/mol. The quantitative estimate of drug-likeness (QED) is 0.751. The molecule has 1 rings (SSSR count). The number of carbonyl (C=O) groups excluding carboxylic acids is 1. The van der Waals surface area contributed by atoms with Crippen molar-refractivity contribution >= 4 is 5.91 Å². The van der Waals surface area contributed by atoms with E-state index in [1.54, 1.807) is 7.11 Å². The van der Waals surface area contributed by atoms with Gasteiger partial charge >= 0.3 is 0 Å². The fourth-order valence-electron chi connectivity index (χ4n) is 2.00. The number of rotatable bonds is 4. The molecule has 0 aliphatic carbocycles. The Kier molecular flexibility index (Phi) is 5.05. The van der Waals surface area contributed by atoms with Crippen LogP contribution in [0.3, 0.4) is 0 Å². The van der Waals surface area contributed by atoms with Crippen LogP contribution in [0.2, 0.25) is 0 Å². The van der Waals surface area contributed by atoms with Crippen molar-refractivity contribution in [2.75, 3.05) is 20.2 Å². The summed E-state index contributed by atoms with van der Waals surface area (Å²) in [6, 6.07) is -0.328. The summed E-state index contributed by atoms with van der Waals surface area (Å²) in [4.78, 5) is 13.7. The van der Waals surface area contributed by atoms with Gasteiger partial charge in [0.1, 0.15) is 0 Å². The van der Waals surface area contributed by atoms with E-state index in [9.17, 15) is 4.79 Å². The van der Waals surface area contributed by atoms with Crippen LogP contribution in [-0.2, 0) is 9.53 Å². The Balaban J connectivity index is 2.44. The number of likely N-dealkylation sites (tertiary alicyclic amines) is 1. The summed E-state index contributed by atoms with van der Waals surface area (Å²) in [5, 5.41) is 0. The fourth-order valence-corrected chi connectivity index (χ4v) is 2.00. The van der Waals surface area contributed by atoms with Gasteiger partial charge in [0.2, 0.25) is 5.91 Å². The van der Waals surface area contributed by atoms with Gasteiger partial charge < -0.3 is 15.4 Å². The molecule has 1 amide bonds. The zero-order valence-electron chi connectivity index (χ0n) is 9.74. The number of nitrogens with two attached hydrogens (primary N) is 1. The number of amides is 1. The number of ether oxygens (including phenoxy) is 1. The summed E-state index contributed by atoms with van der Waals surface area (Å²) in [5.74, 6) is 0.0820. The van der Waals surface area contributed by atoms with E-state index in [1.165, 1.54) is 0 Å². The van der Waals surface area contributed by atoms with Gasteiger partial charge in [0, 0.05) is 20.2 Å². The van der Waals surface area contributed by atoms with Crippen molar-refractivity contribution in [2.24, 2.45) is 5.73 Å². The molecule has 2 unspecified atom stereocenters. The van der Waals surface area contributed by atoms with Crippen molar-refractivity contribution in [1.29, 1.82) is 0 Å². The summed E-state index contributed by atoms with van der Waals surface area (Å²) in [6.07, 6.45) is 3.98. The molecule has 1 aliphatic heterocycles. The van der Waals surface area contributed by atoms with E-state index in [-0.39, 0.29) is 18.1 Å². The highest BCUT2D eigenvalue weighted by molar-refractivity contribution is 5.81. The Morgan fingerprint density at radius 3 is 3.00 bits per heavy atom. The fraction of sp³-hybridized carbons (Fsp3) is 0.909. The molecule has 15 heavy (non-hydrogen) atoms. The smallest absolute Gasteiger partial charge is 0.239 e. The molecule has 4 nitrogen and oxygen atoms in total. The number of hydrogen-bond donors (Lipinski definition) is 1. The molecule has 4 heteroatoms. The zero-order valence-corrected chi connectivity index (χ0v) is 9.74. The lowest BCUT2D eigenvalue weighted by Gasteiger charge is -2.33. The largest absolute Gasteiger partial charge is 0.380 e. The van der Waals surface area contributed by atoms with Crippen molar-refractivity contribution in [2.45, 2.75) is 44.8 Å². The van der Waals surface area contributed by atoms with Gasteiger partial charge in [-0.2, -0.15) is 0 Å². The first-order valence-electron chi connectivity index (χ1n) is 5.76. The van der Waals surface area contributed by atoms with Crippen LogP contribution in [0.5, 0.6) is 0 Å². The van der Waals surface area contributed by atoms with E-state index in [1.807, 2.05) is 11.8 Å². The number of carbonyl (C=O) groups is 1. The van der Waals surface area contributed by atoms with Crippen LogP contribution < -0.4 is 5.73 Å². The second kappa shape index (κ2) is 6.08. The summed E-state index contributed by atoms with van der Waals surface area (Å²) < 4.78 is 5.28. The second-order valence-electron chi connectivity index (χ2n) is 4.18. The van der Waals surface area contributed by atoms with Crippen molar-refractivity contribution in [3.05, 3.63) is 0 Å². The Bertz CT molecular complexity index is 209. The van der Waals surface area contributed by atoms with Crippen LogP contribution in [0.25, 0.3) is 0 Å². The summed E-state index contributed by atoms with van der Waals surface area (Å²) >= 11 is 0. The van der Waals surface area contributed by atoms with Crippen LogP contribution in [0.4, 0.5) is 0 Å². The molecule has 2 N–H and O–H groups in total. The number of hydrogen-bond acceptors (Lipinski definition) is 3. The second-order valence-corrected chi connectivity index (χ2v) is 4.18. The van der Waals surface area contributed by atoms with Crippen molar-refractivity contribution in [3.8, 4) is 0 Å². The summed E-state index contributed by atoms with van der Waals surface area (Å²) in [6.45, 7) is 3.57. The van der Waals surface area contributed by atoms with Gasteiger partial charge in [-0.3, -0.25) is 4.79 Å². The third kappa shape index (κ3) is 3.47. The van der Waals surface area contributed by atoms with Gasteiger partial charge in [0.15, 0.2) is 0 Å². The standard InChI is InChI=1S/C11H22N2O2/c1-3-5-10(12)11(14)13-7-4-6-9(8-13)15-2/h9-10H,3-8,12H2,1-2H3. The van der Waals surface area contributed by atoms with Crippen LogP contribution >= 0.6 is 0 Å². The minimum Gasteiger partial charge on any atom is -0.380 e. The van der Waals surface area contributed by atoms with Crippen LogP contribution in [-0.4, -0.2) is 43.2 Å². The van der Waals surface area contributed by atoms with E-state index in [0.29, 0.717) is 6.54 Å². The Hall–Kier alpha value is -0.610. The first kappa shape index (κ1) is 12.5. The third-order valence-electron chi connectivity index (χ3n) is 2.94. The molecule has 0 aromatic heterocycles. The van der Waals surface area contributed by atoms with E-state index in [2.05, 4.69) is 0 Å². The van der Waals surface area contributed by atoms with Crippen molar-refractivity contribution in [1.82, 2.24) is 4.90 Å². The molecule has 1 heterocycles. The predicted octanol–water partition coefficient (Wildman–Crippen LogP) is 0.751. The maximum atomic E-state index is 11.9. The molecule has 1 aliphatic rings. The van der Waals surface area contributed by atoms with Crippen LogP contribution in [0, 0.1) is 0 Å². The Labute approximate surface area is 91.8 Å². The predicted molar refractivity (Wildman–Crippen MR) is 59.5 cm³/mol. The molecular formula is C11H22N2O2. The molecule has 0 spiro atoms. The van der Waals surface area contributed by atoms with E-state index in [0.717, 1.165) is 32.2 Å². The normalized spacial score (nSPS) is 23.9. The van der Waals surface area contributed by atoms with Crippen LogP contribution in [0.15, 0.2) is 0 Å². The van der Waals surface area contributed by atoms with Crippen molar-refractivity contribution in [3.63, 3.8) is 0 Å². The van der Waals surface area contributed by atoms with Crippen molar-refractivity contribution < 1.29 is 9.53 Å². The third-order valence-corrected chi connectivity index (χ3v) is 2.94. The average molecular weight is 214 g/mol. The first-order chi connectivity index (χ1) is 7.19. The maximum Gasteiger partial charge on any atom is 0.239 e. The first-order valence-corrected chi connectivity index (χ1v) is 5.76. The zero-order chi connectivity index (χ0) is 11.3. The molecule has 1 fully saturated rings. The average Bonchev–Trinajstić information content (AvgIpc) is 2.28. The molecule has 88 valence electrons. The van der Waals surface area contributed by atoms with E-state index < -0.39 is 0 Å². The van der Waals surface area contributed by atoms with Gasteiger partial charge in [0.25, 0.3) is 0 Å². The van der Waals surface area contributed by atoms with Gasteiger partial charge in [-0.05, 0) is 19.3 Å². The lowest BCUT2D eigenvalue weighted by Crippen LogP contribution is -2.49. The van der Waals surface area contributed by atoms with Crippen LogP contribution in [0.1, 0.15) is 32.6 Å². The molecule has 0 bridgehead atoms. The van der Waals surface area contributed by atoms with Gasteiger partial charge in [0.05, 0.1) is 12.1 Å². The minimum atomic E-state index is -0.328. The molecule has 2 atom stereocenters. The highest BCUT2D eigenvalue weighted by Crippen LogP contribution is 2.13. The number of piperidine rings is 1. The maximum absolute atomic E-state index is 11.9. The highest BCUT2D eigenvalue weighted by Gasteiger charge is 2.26. The Morgan fingerprint density at radius 1 is 1.67 bits per heavy atom. The molecule has 0 aromatic carbocycles. The molecule has 0 saturated carbocycles. The van der Waals surface area contributed by atoms with Gasteiger partial charge in [-0.25, -0.2) is 0 Å². The summed E-state index contributed by atoms with van der Waals surface area (Å²) in [5.41, 5.74) is 5.81. The molecule has 0 aromatic rings. The molecule has 0 radical (unpaired) electrons. The molecular weight excluding hydrogens is 192 g/mol. The minimum absolute atomic E-state index is 0.0820. The number of nitrogens with zero attached hydrogens (tertiary/aromatic N) is 1. The lowest BCUT2D eigenvalue weighted by atomic mass is 10.1. The SMILES string of the molecule is CCCC(N)C(=O)N1CCCC(OC)C1. The topological polar surface area (TPSA) is 55.6 Å². The highest BCUT2D eigenvalue weighted by atomic mass is 16.5.